The molecule has 4 nitrogen and oxygen atoms in total. The molecule has 1 atom stereocenters. The van der Waals surface area contributed by atoms with Gasteiger partial charge in [-0.25, -0.2) is 4.79 Å². The smallest absolute Gasteiger partial charge is 0.332 e. The lowest BCUT2D eigenvalue weighted by Gasteiger charge is -2.39. The standard InChI is InChI=1S/C10H19NO3/c1-2-3-8-6-11(7-8)5-4-9(12)10(13)14/h8-9,12H,2-7H2,1H3,(H,13,14). The lowest BCUT2D eigenvalue weighted by Crippen LogP contribution is -2.47. The molecule has 0 amide bonds. The third-order valence-electron chi connectivity index (χ3n) is 2.73. The highest BCUT2D eigenvalue weighted by molar-refractivity contribution is 5.71. The molecule has 1 aliphatic rings. The number of likely N-dealkylation sites (tertiary alicyclic amines) is 1. The number of hydrogen-bond donors (Lipinski definition) is 2. The van der Waals surface area contributed by atoms with Gasteiger partial charge in [-0.05, 0) is 18.8 Å². The molecule has 14 heavy (non-hydrogen) atoms. The number of hydrogen-bond acceptors (Lipinski definition) is 3. The summed E-state index contributed by atoms with van der Waals surface area (Å²) in [5.74, 6) is -0.322. The number of carbonyl (C=O) groups is 1. The molecule has 0 aromatic rings. The predicted molar refractivity (Wildman–Crippen MR) is 53.1 cm³/mol. The van der Waals surface area contributed by atoms with Crippen molar-refractivity contribution < 1.29 is 15.0 Å². The van der Waals surface area contributed by atoms with Gasteiger partial charge in [-0.15, -0.1) is 0 Å². The summed E-state index contributed by atoms with van der Waals surface area (Å²) >= 11 is 0. The highest BCUT2D eigenvalue weighted by atomic mass is 16.4. The number of carboxylic acids is 1. The Bertz CT molecular complexity index is 190. The Balaban J connectivity index is 2.03. The van der Waals surface area contributed by atoms with Crippen molar-refractivity contribution in [3.63, 3.8) is 0 Å². The van der Waals surface area contributed by atoms with Crippen LogP contribution in [-0.4, -0.2) is 46.8 Å². The van der Waals surface area contributed by atoms with Crippen molar-refractivity contribution in [1.29, 1.82) is 0 Å². The van der Waals surface area contributed by atoms with E-state index in [0.29, 0.717) is 13.0 Å². The molecule has 0 radical (unpaired) electrons. The maximum absolute atomic E-state index is 10.3. The van der Waals surface area contributed by atoms with Gasteiger partial charge < -0.3 is 15.1 Å². The second kappa shape index (κ2) is 5.32. The quantitative estimate of drug-likeness (QED) is 0.659. The summed E-state index contributed by atoms with van der Waals surface area (Å²) in [7, 11) is 0. The van der Waals surface area contributed by atoms with Gasteiger partial charge in [0.2, 0.25) is 0 Å². The highest BCUT2D eigenvalue weighted by Gasteiger charge is 2.26. The fourth-order valence-electron chi connectivity index (χ4n) is 1.88. The largest absolute Gasteiger partial charge is 0.479 e. The van der Waals surface area contributed by atoms with Crippen LogP contribution in [0.2, 0.25) is 0 Å². The van der Waals surface area contributed by atoms with E-state index in [1.54, 1.807) is 0 Å². The molecule has 1 rings (SSSR count). The molecule has 2 N–H and O–H groups in total. The normalized spacial score (nSPS) is 20.4. The highest BCUT2D eigenvalue weighted by Crippen LogP contribution is 2.20. The number of aliphatic carboxylic acids is 1. The Morgan fingerprint density at radius 1 is 1.57 bits per heavy atom. The van der Waals surface area contributed by atoms with Crippen LogP contribution in [0.25, 0.3) is 0 Å². The third-order valence-corrected chi connectivity index (χ3v) is 2.73. The first kappa shape index (κ1) is 11.5. The van der Waals surface area contributed by atoms with Gasteiger partial charge in [0.15, 0.2) is 6.10 Å². The van der Waals surface area contributed by atoms with Gasteiger partial charge in [0.25, 0.3) is 0 Å². The minimum Gasteiger partial charge on any atom is -0.479 e. The maximum atomic E-state index is 10.3. The molecule has 0 aromatic carbocycles. The number of carboxylic acid groups (broad SMARTS) is 1. The third kappa shape index (κ3) is 3.27. The molecular formula is C10H19NO3. The van der Waals surface area contributed by atoms with E-state index in [1.165, 1.54) is 12.8 Å². The Labute approximate surface area is 84.5 Å². The summed E-state index contributed by atoms with van der Waals surface area (Å²) in [6, 6.07) is 0. The van der Waals surface area contributed by atoms with Crippen molar-refractivity contribution in [2.75, 3.05) is 19.6 Å². The first-order chi connectivity index (χ1) is 6.63. The predicted octanol–water partition coefficient (Wildman–Crippen LogP) is 0.554. The van der Waals surface area contributed by atoms with E-state index >= 15 is 0 Å². The second-order valence-electron chi connectivity index (χ2n) is 4.06. The van der Waals surface area contributed by atoms with Crippen LogP contribution < -0.4 is 0 Å². The Morgan fingerprint density at radius 3 is 2.71 bits per heavy atom. The molecule has 1 heterocycles. The average Bonchev–Trinajstić information content (AvgIpc) is 2.08. The summed E-state index contributed by atoms with van der Waals surface area (Å²) in [6.07, 6.45) is 1.63. The molecule has 1 unspecified atom stereocenters. The molecule has 82 valence electrons. The Morgan fingerprint density at radius 2 is 2.21 bits per heavy atom. The molecule has 0 spiro atoms. The molecule has 1 saturated heterocycles. The van der Waals surface area contributed by atoms with E-state index in [0.717, 1.165) is 19.0 Å². The topological polar surface area (TPSA) is 60.8 Å². The molecule has 4 heteroatoms. The summed E-state index contributed by atoms with van der Waals surface area (Å²) in [4.78, 5) is 12.5. The van der Waals surface area contributed by atoms with Crippen molar-refractivity contribution in [2.45, 2.75) is 32.3 Å². The van der Waals surface area contributed by atoms with Crippen molar-refractivity contribution in [3.05, 3.63) is 0 Å². The molecule has 0 saturated carbocycles. The second-order valence-corrected chi connectivity index (χ2v) is 4.06. The van der Waals surface area contributed by atoms with Gasteiger partial charge in [0.1, 0.15) is 0 Å². The molecule has 1 fully saturated rings. The maximum Gasteiger partial charge on any atom is 0.332 e. The van der Waals surface area contributed by atoms with Crippen LogP contribution in [0.15, 0.2) is 0 Å². The first-order valence-electron chi connectivity index (χ1n) is 5.26. The van der Waals surface area contributed by atoms with Crippen LogP contribution in [-0.2, 0) is 4.79 Å². The van der Waals surface area contributed by atoms with Gasteiger partial charge in [-0.1, -0.05) is 13.3 Å². The summed E-state index contributed by atoms with van der Waals surface area (Å²) < 4.78 is 0. The van der Waals surface area contributed by atoms with Crippen LogP contribution in [0.5, 0.6) is 0 Å². The monoisotopic (exact) mass is 201 g/mol. The van der Waals surface area contributed by atoms with Crippen molar-refractivity contribution in [3.8, 4) is 0 Å². The lowest BCUT2D eigenvalue weighted by atomic mass is 9.95. The van der Waals surface area contributed by atoms with Gasteiger partial charge in [0, 0.05) is 19.6 Å². The van der Waals surface area contributed by atoms with E-state index in [2.05, 4.69) is 11.8 Å². The fraction of sp³-hybridized carbons (Fsp3) is 0.900. The molecule has 0 bridgehead atoms. The van der Waals surface area contributed by atoms with E-state index in [4.69, 9.17) is 10.2 Å². The van der Waals surface area contributed by atoms with Crippen LogP contribution in [0.3, 0.4) is 0 Å². The molecule has 0 aromatic heterocycles. The van der Waals surface area contributed by atoms with Crippen LogP contribution in [0, 0.1) is 5.92 Å². The van der Waals surface area contributed by atoms with Crippen molar-refractivity contribution in [2.24, 2.45) is 5.92 Å². The first-order valence-corrected chi connectivity index (χ1v) is 5.26. The van der Waals surface area contributed by atoms with Gasteiger partial charge in [-0.2, -0.15) is 0 Å². The van der Waals surface area contributed by atoms with Crippen LogP contribution >= 0.6 is 0 Å². The van der Waals surface area contributed by atoms with Crippen molar-refractivity contribution in [1.82, 2.24) is 4.90 Å². The number of aliphatic hydroxyl groups is 1. The van der Waals surface area contributed by atoms with E-state index in [9.17, 15) is 4.79 Å². The Kier molecular flexibility index (Phi) is 4.35. The molecule has 0 aliphatic carbocycles. The summed E-state index contributed by atoms with van der Waals surface area (Å²) in [6.45, 7) is 5.02. The minimum atomic E-state index is -1.19. The molecular weight excluding hydrogens is 182 g/mol. The summed E-state index contributed by atoms with van der Waals surface area (Å²) in [5.41, 5.74) is 0. The number of aliphatic hydroxyl groups excluding tert-OH is 1. The SMILES string of the molecule is CCCC1CN(CCC(O)C(=O)O)C1. The summed E-state index contributed by atoms with van der Waals surface area (Å²) in [5, 5.41) is 17.5. The minimum absolute atomic E-state index is 0.341. The fourth-order valence-corrected chi connectivity index (χ4v) is 1.88. The van der Waals surface area contributed by atoms with Gasteiger partial charge in [-0.3, -0.25) is 0 Å². The average molecular weight is 201 g/mol. The van der Waals surface area contributed by atoms with Crippen LogP contribution in [0.1, 0.15) is 26.2 Å². The van der Waals surface area contributed by atoms with Crippen molar-refractivity contribution >= 4 is 5.97 Å². The zero-order valence-electron chi connectivity index (χ0n) is 8.65. The number of nitrogens with zero attached hydrogens (tertiary/aromatic N) is 1. The Hall–Kier alpha value is -0.610. The zero-order valence-corrected chi connectivity index (χ0v) is 8.65. The zero-order chi connectivity index (χ0) is 10.6. The lowest BCUT2D eigenvalue weighted by molar-refractivity contribution is -0.147. The van der Waals surface area contributed by atoms with Crippen LogP contribution in [0.4, 0.5) is 0 Å². The molecule has 1 aliphatic heterocycles. The van der Waals surface area contributed by atoms with Gasteiger partial charge >= 0.3 is 5.97 Å². The van der Waals surface area contributed by atoms with E-state index < -0.39 is 12.1 Å². The van der Waals surface area contributed by atoms with E-state index in [1.807, 2.05) is 0 Å². The van der Waals surface area contributed by atoms with Gasteiger partial charge in [0.05, 0.1) is 0 Å². The number of rotatable bonds is 6. The van der Waals surface area contributed by atoms with E-state index in [-0.39, 0.29) is 0 Å².